The van der Waals surface area contributed by atoms with Crippen LogP contribution in [0.2, 0.25) is 0 Å². The third kappa shape index (κ3) is 31.2. The first-order valence-corrected chi connectivity index (χ1v) is 15.8. The molecule has 1 fully saturated rings. The number of rotatable bonds is 9. The number of nitrogens with two attached hydrogens (primary N) is 1. The number of ether oxygens (including phenoxy) is 2. The lowest BCUT2D eigenvalue weighted by Gasteiger charge is -2.23. The van der Waals surface area contributed by atoms with Gasteiger partial charge in [-0.25, -0.2) is 17.6 Å². The molecule has 1 saturated carbocycles. The van der Waals surface area contributed by atoms with Crippen LogP contribution in [0.1, 0.15) is 84.9 Å². The van der Waals surface area contributed by atoms with E-state index in [2.05, 4.69) is 40.4 Å². The van der Waals surface area contributed by atoms with Gasteiger partial charge in [-0.05, 0) is 82.4 Å². The van der Waals surface area contributed by atoms with Crippen molar-refractivity contribution in [2.45, 2.75) is 105 Å². The van der Waals surface area contributed by atoms with Crippen molar-refractivity contribution >= 4 is 6.41 Å². The van der Waals surface area contributed by atoms with Gasteiger partial charge in [-0.15, -0.1) is 0 Å². The highest BCUT2D eigenvalue weighted by Crippen LogP contribution is 2.26. The zero-order valence-corrected chi connectivity index (χ0v) is 30.2. The lowest BCUT2D eigenvalue weighted by atomic mass is 9.94. The molecule has 0 spiro atoms. The van der Waals surface area contributed by atoms with Crippen molar-refractivity contribution < 1.29 is 40.6 Å². The topological polar surface area (TPSA) is 73.6 Å². The van der Waals surface area contributed by atoms with Gasteiger partial charge in [0.15, 0.2) is 0 Å². The van der Waals surface area contributed by atoms with Gasteiger partial charge >= 0.3 is 12.5 Å². The molecule has 1 amide bonds. The smallest absolute Gasteiger partial charge is 0.388 e. The number of amides is 1. The number of allylic oxidation sites excluding steroid dienone is 4. The number of carbonyl (C=O) groups excluding carboxylic acids is 1. The van der Waals surface area contributed by atoms with Crippen molar-refractivity contribution in [3.05, 3.63) is 108 Å². The molecule has 48 heavy (non-hydrogen) atoms. The zero-order valence-electron chi connectivity index (χ0n) is 30.2. The van der Waals surface area contributed by atoms with Gasteiger partial charge in [0.25, 0.3) is 0 Å². The van der Waals surface area contributed by atoms with Crippen LogP contribution in [-0.2, 0) is 14.3 Å². The molecule has 276 valence electrons. The minimum Gasteiger partial charge on any atom is -0.388 e. The molecule has 1 aliphatic carbocycles. The first-order valence-electron chi connectivity index (χ1n) is 15.8. The summed E-state index contributed by atoms with van der Waals surface area (Å²) in [6, 6.07) is 17.0. The van der Waals surface area contributed by atoms with E-state index in [1.54, 1.807) is 33.3 Å². The summed E-state index contributed by atoms with van der Waals surface area (Å²) in [5.74, 6) is -1.08. The molecule has 2 atom stereocenters. The Morgan fingerprint density at radius 3 is 1.77 bits per heavy atom. The minimum absolute atomic E-state index is 0.0133. The summed E-state index contributed by atoms with van der Waals surface area (Å²) in [5.41, 5.74) is 8.29. The fourth-order valence-electron chi connectivity index (χ4n) is 2.85. The molecule has 1 unspecified atom stereocenters. The van der Waals surface area contributed by atoms with Crippen molar-refractivity contribution in [1.82, 2.24) is 5.32 Å². The molecular formula is C37H58F6N2O3. The number of hydrogen-bond acceptors (Lipinski definition) is 4. The summed E-state index contributed by atoms with van der Waals surface area (Å²) in [4.78, 5) is 9.70. The van der Waals surface area contributed by atoms with E-state index >= 15 is 0 Å². The minimum atomic E-state index is -4.59. The molecular weight excluding hydrogens is 634 g/mol. The van der Waals surface area contributed by atoms with Gasteiger partial charge < -0.3 is 20.5 Å². The Hall–Kier alpha value is -3.41. The van der Waals surface area contributed by atoms with Crippen molar-refractivity contribution in [3.8, 4) is 0 Å². The molecule has 0 heterocycles. The Morgan fingerprint density at radius 2 is 1.48 bits per heavy atom. The van der Waals surface area contributed by atoms with Crippen LogP contribution in [0.5, 0.6) is 0 Å². The van der Waals surface area contributed by atoms with Gasteiger partial charge in [0.05, 0.1) is 6.10 Å². The molecule has 0 saturated heterocycles. The number of nitrogens with one attached hydrogen (secondary N) is 1. The molecule has 0 aliphatic heterocycles. The Morgan fingerprint density at radius 1 is 1.00 bits per heavy atom. The molecule has 3 rings (SSSR count). The summed E-state index contributed by atoms with van der Waals surface area (Å²) in [7, 11) is 3.25. The molecule has 2 aromatic carbocycles. The predicted octanol–water partition coefficient (Wildman–Crippen LogP) is 10.7. The Labute approximate surface area is 285 Å². The average molecular weight is 693 g/mol. The number of aryl methyl sites for hydroxylation is 1. The highest BCUT2D eigenvalue weighted by molar-refractivity contribution is 5.46. The molecule has 0 radical (unpaired) electrons. The number of alkyl halides is 4. The van der Waals surface area contributed by atoms with Crippen molar-refractivity contribution in [2.75, 3.05) is 14.2 Å². The van der Waals surface area contributed by atoms with E-state index in [1.165, 1.54) is 43.0 Å². The normalized spacial score (nSPS) is 13.4. The first kappa shape index (κ1) is 51.4. The van der Waals surface area contributed by atoms with Gasteiger partial charge in [0, 0.05) is 26.3 Å². The third-order valence-electron chi connectivity index (χ3n) is 5.42. The van der Waals surface area contributed by atoms with E-state index in [-0.39, 0.29) is 11.9 Å². The van der Waals surface area contributed by atoms with Gasteiger partial charge in [-0.2, -0.15) is 8.78 Å². The summed E-state index contributed by atoms with van der Waals surface area (Å²) in [5, 5.41) is 2.70. The monoisotopic (exact) mass is 692 g/mol. The van der Waals surface area contributed by atoms with E-state index in [0.717, 1.165) is 25.0 Å². The maximum Gasteiger partial charge on any atom is 0.417 e. The van der Waals surface area contributed by atoms with Gasteiger partial charge in [0.1, 0.15) is 11.6 Å². The van der Waals surface area contributed by atoms with E-state index in [9.17, 15) is 31.1 Å². The number of carbonyl (C=O) groups is 1. The highest BCUT2D eigenvalue weighted by Gasteiger charge is 2.43. The van der Waals surface area contributed by atoms with E-state index in [4.69, 9.17) is 5.73 Å². The first-order chi connectivity index (χ1) is 22.6. The summed E-state index contributed by atoms with van der Waals surface area (Å²) >= 11 is 0. The van der Waals surface area contributed by atoms with Crippen LogP contribution < -0.4 is 11.1 Å². The SMILES string of the molecule is C=C/C(C)=C\C(F)=C/C(C)OC(F)(F)C(F)F.CC.CC.COC.C[C@H](N)c1ccc(F)cc1.Cc1ccccc1.O=CNC1CCC1. The fraction of sp³-hybridized carbons (Fsp3) is 0.486. The molecule has 2 aromatic rings. The molecule has 11 heteroatoms. The summed E-state index contributed by atoms with van der Waals surface area (Å²) < 4.78 is 81.7. The Balaban J connectivity index is -0.000000266. The standard InChI is InChI=1S/C11H13F5O.C8H10FN.C7H8.C5H9NO.C2H6O.2C2H6/c1-4-7(2)5-9(12)6-8(3)17-11(15,16)10(13)14;1-6(10)7-2-4-8(9)5-3-7;1-7-5-3-2-4-6-7;7-4-6-5-2-1-3-5;1-3-2;2*1-2/h4-6,8,10H,1H2,2-3H3;2-6H,10H2,1H3;2-6H,1H3;4-5H,1-3H2,(H,6,7);1-2H3;2*1-2H3/b7-5-,9-6+;;;;;;/t;6-;;;;;/m.0...../s1. The number of hydrogen-bond donors (Lipinski definition) is 2. The Bertz CT molecular complexity index is 1080. The second-order valence-electron chi connectivity index (χ2n) is 9.65. The van der Waals surface area contributed by atoms with Crippen LogP contribution in [0.3, 0.4) is 0 Å². The Kier molecular flexibility index (Phi) is 35.9. The number of benzene rings is 2. The van der Waals surface area contributed by atoms with E-state index in [1.807, 2.05) is 52.8 Å². The number of methoxy groups -OCH3 is 1. The van der Waals surface area contributed by atoms with Crippen molar-refractivity contribution in [3.63, 3.8) is 0 Å². The van der Waals surface area contributed by atoms with Crippen LogP contribution in [0.15, 0.2) is 90.8 Å². The molecule has 1 aliphatic rings. The van der Waals surface area contributed by atoms with E-state index < -0.39 is 24.5 Å². The van der Waals surface area contributed by atoms with Crippen molar-refractivity contribution in [2.24, 2.45) is 5.73 Å². The quantitative estimate of drug-likeness (QED) is 0.156. The average Bonchev–Trinajstić information content (AvgIpc) is 3.02. The van der Waals surface area contributed by atoms with Crippen LogP contribution in [-0.4, -0.2) is 45.3 Å². The van der Waals surface area contributed by atoms with Crippen LogP contribution >= 0.6 is 0 Å². The van der Waals surface area contributed by atoms with E-state index in [0.29, 0.717) is 17.7 Å². The van der Waals surface area contributed by atoms with Gasteiger partial charge in [0.2, 0.25) is 6.41 Å². The zero-order chi connectivity index (χ0) is 38.1. The van der Waals surface area contributed by atoms with Crippen LogP contribution in [0.4, 0.5) is 26.3 Å². The fourth-order valence-corrected chi connectivity index (χ4v) is 2.85. The van der Waals surface area contributed by atoms with Gasteiger partial charge in [-0.3, -0.25) is 4.79 Å². The highest BCUT2D eigenvalue weighted by atomic mass is 19.3. The van der Waals surface area contributed by atoms with Gasteiger partial charge in [-0.1, -0.05) is 88.4 Å². The molecule has 0 aromatic heterocycles. The lowest BCUT2D eigenvalue weighted by Crippen LogP contribution is -2.33. The predicted molar refractivity (Wildman–Crippen MR) is 187 cm³/mol. The van der Waals surface area contributed by atoms with Crippen molar-refractivity contribution in [1.29, 1.82) is 0 Å². The lowest BCUT2D eigenvalue weighted by molar-refractivity contribution is -0.309. The molecule has 3 N–H and O–H groups in total. The number of halogens is 6. The second kappa shape index (κ2) is 33.5. The second-order valence-corrected chi connectivity index (χ2v) is 9.65. The molecule has 5 nitrogen and oxygen atoms in total. The van der Waals surface area contributed by atoms with Crippen LogP contribution in [0, 0.1) is 12.7 Å². The van der Waals surface area contributed by atoms with Crippen LogP contribution in [0.25, 0.3) is 0 Å². The largest absolute Gasteiger partial charge is 0.417 e. The maximum absolute atomic E-state index is 13.1. The third-order valence-corrected chi connectivity index (χ3v) is 5.42. The summed E-state index contributed by atoms with van der Waals surface area (Å²) in [6.45, 7) is 17.9. The molecule has 0 bridgehead atoms. The summed E-state index contributed by atoms with van der Waals surface area (Å²) in [6.07, 6.45) is -2.55. The maximum atomic E-state index is 13.1.